The van der Waals surface area contributed by atoms with Crippen LogP contribution in [0.25, 0.3) is 0 Å². The van der Waals surface area contributed by atoms with Gasteiger partial charge < -0.3 is 4.74 Å². The van der Waals surface area contributed by atoms with Crippen molar-refractivity contribution in [2.45, 2.75) is 12.8 Å². The highest BCUT2D eigenvalue weighted by Gasteiger charge is 2.17. The third kappa shape index (κ3) is 2.75. The van der Waals surface area contributed by atoms with Gasteiger partial charge in [0.2, 0.25) is 5.88 Å². The summed E-state index contributed by atoms with van der Waals surface area (Å²) in [6.07, 6.45) is -2.77. The van der Waals surface area contributed by atoms with Gasteiger partial charge in [0, 0.05) is 5.56 Å². The van der Waals surface area contributed by atoms with Crippen LogP contribution in [0.1, 0.15) is 17.7 Å². The molecule has 0 radical (unpaired) electrons. The van der Waals surface area contributed by atoms with Crippen molar-refractivity contribution in [1.82, 2.24) is 4.98 Å². The smallest absolute Gasteiger partial charge is 0.265 e. The van der Waals surface area contributed by atoms with Crippen LogP contribution in [0.15, 0.2) is 6.07 Å². The highest BCUT2D eigenvalue weighted by molar-refractivity contribution is 14.1. The lowest BCUT2D eigenvalue weighted by molar-refractivity contribution is 0.149. The molecule has 1 aromatic heterocycles. The number of rotatable bonds is 3. The van der Waals surface area contributed by atoms with E-state index in [1.54, 1.807) is 6.07 Å². The van der Waals surface area contributed by atoms with E-state index in [9.17, 15) is 8.78 Å². The summed E-state index contributed by atoms with van der Waals surface area (Å²) in [4.78, 5) is 3.87. The Labute approximate surface area is 99.2 Å². The Morgan fingerprint density at radius 3 is 2.80 bits per heavy atom. The third-order valence-corrected chi connectivity index (χ3v) is 2.50. The monoisotopic (exact) mass is 324 g/mol. The lowest BCUT2D eigenvalue weighted by atomic mass is 10.1. The molecule has 0 spiro atoms. The molecule has 0 N–H and O–H groups in total. The number of hydrogen-bond acceptors (Lipinski definition) is 3. The third-order valence-electron chi connectivity index (χ3n) is 1.73. The largest absolute Gasteiger partial charge is 0.480 e. The molecule has 6 heteroatoms. The van der Waals surface area contributed by atoms with Gasteiger partial charge >= 0.3 is 0 Å². The van der Waals surface area contributed by atoms with Crippen LogP contribution in [0.3, 0.4) is 0 Å². The van der Waals surface area contributed by atoms with Crippen molar-refractivity contribution >= 4 is 22.6 Å². The molecule has 0 saturated carbocycles. The standard InChI is InChI=1S/C9H7F2IN2O/c1-15-9-6(12)4-5(8(10)11)7(14-9)2-3-13/h4,8H,2H2,1H3. The van der Waals surface area contributed by atoms with Crippen molar-refractivity contribution in [3.05, 3.63) is 20.9 Å². The van der Waals surface area contributed by atoms with E-state index >= 15 is 0 Å². The highest BCUT2D eigenvalue weighted by atomic mass is 127. The molecule has 0 atom stereocenters. The zero-order chi connectivity index (χ0) is 11.4. The zero-order valence-electron chi connectivity index (χ0n) is 7.80. The maximum Gasteiger partial charge on any atom is 0.265 e. The van der Waals surface area contributed by atoms with Crippen LogP contribution in [0, 0.1) is 14.9 Å². The molecule has 0 aromatic carbocycles. The van der Waals surface area contributed by atoms with Crippen molar-refractivity contribution in [3.8, 4) is 11.9 Å². The summed E-state index contributed by atoms with van der Waals surface area (Å²) < 4.78 is 30.5. The van der Waals surface area contributed by atoms with Gasteiger partial charge in [-0.15, -0.1) is 0 Å². The predicted molar refractivity (Wildman–Crippen MR) is 57.8 cm³/mol. The van der Waals surface area contributed by atoms with Crippen LogP contribution in [0.5, 0.6) is 5.88 Å². The van der Waals surface area contributed by atoms with Gasteiger partial charge in [-0.2, -0.15) is 5.26 Å². The molecule has 1 heterocycles. The predicted octanol–water partition coefficient (Wildman–Crippen LogP) is 2.70. The van der Waals surface area contributed by atoms with Gasteiger partial charge in [-0.3, -0.25) is 0 Å². The topological polar surface area (TPSA) is 45.9 Å². The van der Waals surface area contributed by atoms with Crippen molar-refractivity contribution in [2.24, 2.45) is 0 Å². The first kappa shape index (κ1) is 12.1. The van der Waals surface area contributed by atoms with Gasteiger partial charge in [-0.05, 0) is 28.7 Å². The number of halogens is 3. The number of nitriles is 1. The lowest BCUT2D eigenvalue weighted by Gasteiger charge is -2.09. The van der Waals surface area contributed by atoms with Crippen LogP contribution < -0.4 is 4.74 Å². The van der Waals surface area contributed by atoms with Crippen molar-refractivity contribution in [2.75, 3.05) is 7.11 Å². The fourth-order valence-corrected chi connectivity index (χ4v) is 1.75. The second-order valence-electron chi connectivity index (χ2n) is 2.65. The average molecular weight is 324 g/mol. The van der Waals surface area contributed by atoms with E-state index in [1.807, 2.05) is 22.6 Å². The number of ether oxygens (including phenoxy) is 1. The summed E-state index contributed by atoms with van der Waals surface area (Å²) in [6, 6.07) is 3.09. The van der Waals surface area contributed by atoms with Gasteiger partial charge in [0.1, 0.15) is 0 Å². The maximum atomic E-state index is 12.6. The minimum atomic E-state index is -2.62. The SMILES string of the molecule is COc1nc(CC#N)c(C(F)F)cc1I. The Morgan fingerprint density at radius 1 is 1.67 bits per heavy atom. The summed E-state index contributed by atoms with van der Waals surface area (Å²) in [5.41, 5.74) is -0.133. The second-order valence-corrected chi connectivity index (χ2v) is 3.81. The van der Waals surface area contributed by atoms with Gasteiger partial charge in [-0.25, -0.2) is 13.8 Å². The summed E-state index contributed by atoms with van der Waals surface area (Å²) in [5.74, 6) is 0.269. The zero-order valence-corrected chi connectivity index (χ0v) is 9.96. The molecule has 0 aliphatic rings. The molecule has 1 rings (SSSR count). The fourth-order valence-electron chi connectivity index (χ4n) is 1.07. The number of alkyl halides is 2. The molecule has 1 aromatic rings. The van der Waals surface area contributed by atoms with Gasteiger partial charge in [-0.1, -0.05) is 0 Å². The normalized spacial score (nSPS) is 10.1. The van der Waals surface area contributed by atoms with Gasteiger partial charge in [0.05, 0.1) is 28.9 Å². The van der Waals surface area contributed by atoms with E-state index in [2.05, 4.69) is 4.98 Å². The first-order valence-corrected chi connectivity index (χ1v) is 5.06. The van der Waals surface area contributed by atoms with E-state index < -0.39 is 6.43 Å². The minimum absolute atomic E-state index is 0.0739. The van der Waals surface area contributed by atoms with Crippen molar-refractivity contribution in [3.63, 3.8) is 0 Å². The number of hydrogen-bond donors (Lipinski definition) is 0. The quantitative estimate of drug-likeness (QED) is 0.803. The van der Waals surface area contributed by atoms with Crippen LogP contribution in [0.4, 0.5) is 8.78 Å². The molecule has 0 bridgehead atoms. The number of aromatic nitrogens is 1. The number of nitrogens with zero attached hydrogens (tertiary/aromatic N) is 2. The highest BCUT2D eigenvalue weighted by Crippen LogP contribution is 2.28. The van der Waals surface area contributed by atoms with Gasteiger partial charge in [0.25, 0.3) is 6.43 Å². The van der Waals surface area contributed by atoms with Crippen LogP contribution >= 0.6 is 22.6 Å². The van der Waals surface area contributed by atoms with Crippen LogP contribution in [-0.2, 0) is 6.42 Å². The molecule has 0 fully saturated rings. The Bertz CT molecular complexity index is 404. The van der Waals surface area contributed by atoms with Crippen molar-refractivity contribution < 1.29 is 13.5 Å². The molecule has 0 aliphatic carbocycles. The molecular weight excluding hydrogens is 317 g/mol. The minimum Gasteiger partial charge on any atom is -0.480 e. The van der Waals surface area contributed by atoms with E-state index in [0.29, 0.717) is 3.57 Å². The van der Waals surface area contributed by atoms with E-state index in [-0.39, 0.29) is 23.6 Å². The second kappa shape index (κ2) is 5.21. The summed E-state index contributed by atoms with van der Waals surface area (Å²) >= 11 is 1.86. The Morgan fingerprint density at radius 2 is 2.33 bits per heavy atom. The van der Waals surface area contributed by atoms with Crippen LogP contribution in [-0.4, -0.2) is 12.1 Å². The Balaban J connectivity index is 3.26. The molecular formula is C9H7F2IN2O. The Hall–Kier alpha value is -0.970. The van der Waals surface area contributed by atoms with Gasteiger partial charge in [0.15, 0.2) is 0 Å². The van der Waals surface area contributed by atoms with Crippen molar-refractivity contribution in [1.29, 1.82) is 5.26 Å². The fraction of sp³-hybridized carbons (Fsp3) is 0.333. The lowest BCUT2D eigenvalue weighted by Crippen LogP contribution is -2.02. The number of methoxy groups -OCH3 is 1. The summed E-state index contributed by atoms with van der Waals surface area (Å²) in [5, 5.41) is 8.48. The van der Waals surface area contributed by atoms with E-state index in [4.69, 9.17) is 10.00 Å². The molecule has 0 aliphatic heterocycles. The van der Waals surface area contributed by atoms with E-state index in [1.165, 1.54) is 13.2 Å². The molecule has 3 nitrogen and oxygen atoms in total. The number of pyridine rings is 1. The van der Waals surface area contributed by atoms with E-state index in [0.717, 1.165) is 0 Å². The molecule has 0 amide bonds. The summed E-state index contributed by atoms with van der Waals surface area (Å²) in [6.45, 7) is 0. The van der Waals surface area contributed by atoms with Crippen LogP contribution in [0.2, 0.25) is 0 Å². The molecule has 0 saturated heterocycles. The molecule has 80 valence electrons. The first-order valence-electron chi connectivity index (χ1n) is 3.98. The molecule has 0 unspecified atom stereocenters. The maximum absolute atomic E-state index is 12.6. The molecule has 15 heavy (non-hydrogen) atoms. The first-order chi connectivity index (χ1) is 7.10. The Kier molecular flexibility index (Phi) is 4.20. The summed E-state index contributed by atoms with van der Waals surface area (Å²) in [7, 11) is 1.41. The average Bonchev–Trinajstić information content (AvgIpc) is 2.20.